The summed E-state index contributed by atoms with van der Waals surface area (Å²) in [6.45, 7) is 1.93. The first-order chi connectivity index (χ1) is 9.45. The van der Waals surface area contributed by atoms with Crippen LogP contribution >= 0.6 is 27.5 Å². The van der Waals surface area contributed by atoms with Gasteiger partial charge < -0.3 is 10.5 Å². The van der Waals surface area contributed by atoms with Crippen molar-refractivity contribution >= 4 is 27.5 Å². The normalized spacial score (nSPS) is 12.2. The molecule has 0 saturated carbocycles. The van der Waals surface area contributed by atoms with Crippen molar-refractivity contribution in [3.63, 3.8) is 0 Å². The standard InChI is InChI=1S/C15H14BrClFNO/c1-9(19)6-10-2-5-14(13(17)7-10)20-15-8-11(18)3-4-12(15)16/h2-5,7-9H,6,19H2,1H3. The summed E-state index contributed by atoms with van der Waals surface area (Å²) >= 11 is 9.49. The highest BCUT2D eigenvalue weighted by atomic mass is 79.9. The number of benzene rings is 2. The maximum absolute atomic E-state index is 13.2. The van der Waals surface area contributed by atoms with Gasteiger partial charge in [0, 0.05) is 12.1 Å². The maximum Gasteiger partial charge on any atom is 0.146 e. The molecule has 0 aliphatic rings. The van der Waals surface area contributed by atoms with Crippen LogP contribution in [0.2, 0.25) is 5.02 Å². The third-order valence-electron chi connectivity index (χ3n) is 2.67. The van der Waals surface area contributed by atoms with Crippen molar-refractivity contribution in [1.82, 2.24) is 0 Å². The van der Waals surface area contributed by atoms with Gasteiger partial charge >= 0.3 is 0 Å². The summed E-state index contributed by atoms with van der Waals surface area (Å²) in [5, 5.41) is 0.472. The predicted octanol–water partition coefficient (Wildman–Crippen LogP) is 4.92. The van der Waals surface area contributed by atoms with Crippen LogP contribution in [-0.2, 0) is 6.42 Å². The molecule has 0 bridgehead atoms. The lowest BCUT2D eigenvalue weighted by Crippen LogP contribution is -2.17. The zero-order valence-corrected chi connectivity index (χ0v) is 13.2. The zero-order chi connectivity index (χ0) is 14.7. The third-order valence-corrected chi connectivity index (χ3v) is 3.62. The van der Waals surface area contributed by atoms with Gasteiger partial charge in [-0.05, 0) is 59.1 Å². The van der Waals surface area contributed by atoms with Gasteiger partial charge in [-0.2, -0.15) is 0 Å². The van der Waals surface area contributed by atoms with Crippen molar-refractivity contribution in [2.45, 2.75) is 19.4 Å². The topological polar surface area (TPSA) is 35.2 Å². The first-order valence-electron chi connectivity index (χ1n) is 6.12. The second-order valence-corrected chi connectivity index (χ2v) is 5.88. The molecule has 2 aromatic rings. The molecule has 0 aromatic heterocycles. The number of hydrogen-bond acceptors (Lipinski definition) is 2. The van der Waals surface area contributed by atoms with E-state index in [1.165, 1.54) is 12.1 Å². The highest BCUT2D eigenvalue weighted by molar-refractivity contribution is 9.10. The summed E-state index contributed by atoms with van der Waals surface area (Å²) in [6.07, 6.45) is 0.740. The van der Waals surface area contributed by atoms with Gasteiger partial charge in [-0.15, -0.1) is 0 Å². The monoisotopic (exact) mass is 357 g/mol. The lowest BCUT2D eigenvalue weighted by molar-refractivity contribution is 0.473. The largest absolute Gasteiger partial charge is 0.455 e. The molecule has 20 heavy (non-hydrogen) atoms. The van der Waals surface area contributed by atoms with Crippen LogP contribution in [0.15, 0.2) is 40.9 Å². The molecule has 0 aliphatic carbocycles. The molecule has 0 spiro atoms. The Morgan fingerprint density at radius 2 is 2.00 bits per heavy atom. The first kappa shape index (κ1) is 15.3. The lowest BCUT2D eigenvalue weighted by Gasteiger charge is -2.11. The van der Waals surface area contributed by atoms with Crippen molar-refractivity contribution in [2.75, 3.05) is 0 Å². The Hall–Kier alpha value is -1.10. The molecule has 0 saturated heterocycles. The molecule has 0 fully saturated rings. The molecule has 1 unspecified atom stereocenters. The average Bonchev–Trinajstić information content (AvgIpc) is 2.36. The summed E-state index contributed by atoms with van der Waals surface area (Å²) in [4.78, 5) is 0. The molecular weight excluding hydrogens is 345 g/mol. The van der Waals surface area contributed by atoms with Gasteiger partial charge in [-0.3, -0.25) is 0 Å². The van der Waals surface area contributed by atoms with E-state index in [2.05, 4.69) is 15.9 Å². The van der Waals surface area contributed by atoms with Gasteiger partial charge in [0.2, 0.25) is 0 Å². The molecule has 2 aromatic carbocycles. The minimum Gasteiger partial charge on any atom is -0.455 e. The smallest absolute Gasteiger partial charge is 0.146 e. The van der Waals surface area contributed by atoms with Gasteiger partial charge in [-0.1, -0.05) is 17.7 Å². The minimum atomic E-state index is -0.368. The number of rotatable bonds is 4. The van der Waals surface area contributed by atoms with E-state index in [0.29, 0.717) is 21.0 Å². The Bertz CT molecular complexity index is 619. The number of hydrogen-bond donors (Lipinski definition) is 1. The molecular formula is C15H14BrClFNO. The van der Waals surface area contributed by atoms with E-state index < -0.39 is 0 Å². The van der Waals surface area contributed by atoms with Crippen LogP contribution in [0.25, 0.3) is 0 Å². The molecule has 2 nitrogen and oxygen atoms in total. The Balaban J connectivity index is 2.23. The van der Waals surface area contributed by atoms with Gasteiger partial charge in [0.05, 0.1) is 9.50 Å². The van der Waals surface area contributed by atoms with Crippen molar-refractivity contribution < 1.29 is 9.13 Å². The molecule has 2 rings (SSSR count). The van der Waals surface area contributed by atoms with E-state index in [9.17, 15) is 4.39 Å². The molecule has 106 valence electrons. The van der Waals surface area contributed by atoms with E-state index in [0.717, 1.165) is 12.0 Å². The van der Waals surface area contributed by atoms with E-state index in [4.69, 9.17) is 22.1 Å². The number of nitrogens with two attached hydrogens (primary N) is 1. The minimum absolute atomic E-state index is 0.0650. The van der Waals surface area contributed by atoms with Crippen molar-refractivity contribution in [2.24, 2.45) is 5.73 Å². The van der Waals surface area contributed by atoms with Crippen LogP contribution in [0.3, 0.4) is 0 Å². The van der Waals surface area contributed by atoms with Crippen molar-refractivity contribution in [3.8, 4) is 11.5 Å². The molecule has 0 radical (unpaired) electrons. The molecule has 1 atom stereocenters. The van der Waals surface area contributed by atoms with Crippen molar-refractivity contribution in [1.29, 1.82) is 0 Å². The van der Waals surface area contributed by atoms with E-state index >= 15 is 0 Å². The summed E-state index contributed by atoms with van der Waals surface area (Å²) < 4.78 is 19.5. The van der Waals surface area contributed by atoms with Crippen LogP contribution in [-0.4, -0.2) is 6.04 Å². The fraction of sp³-hybridized carbons (Fsp3) is 0.200. The van der Waals surface area contributed by atoms with E-state index in [1.807, 2.05) is 19.1 Å². The van der Waals surface area contributed by atoms with Crippen LogP contribution in [0, 0.1) is 5.82 Å². The molecule has 2 N–H and O–H groups in total. The van der Waals surface area contributed by atoms with E-state index in [-0.39, 0.29) is 11.9 Å². The molecule has 0 heterocycles. The van der Waals surface area contributed by atoms with E-state index in [1.54, 1.807) is 12.1 Å². The fourth-order valence-electron chi connectivity index (χ4n) is 1.80. The summed E-state index contributed by atoms with van der Waals surface area (Å²) in [5.41, 5.74) is 6.79. The zero-order valence-electron chi connectivity index (χ0n) is 10.9. The Morgan fingerprint density at radius 1 is 1.25 bits per heavy atom. The summed E-state index contributed by atoms with van der Waals surface area (Å²) in [5.74, 6) is 0.492. The average molecular weight is 359 g/mol. The second-order valence-electron chi connectivity index (χ2n) is 4.62. The quantitative estimate of drug-likeness (QED) is 0.841. The molecule has 0 aliphatic heterocycles. The van der Waals surface area contributed by atoms with Gasteiger partial charge in [0.25, 0.3) is 0 Å². The van der Waals surface area contributed by atoms with Crippen LogP contribution < -0.4 is 10.5 Å². The SMILES string of the molecule is CC(N)Cc1ccc(Oc2cc(F)ccc2Br)c(Cl)c1. The number of halogens is 3. The van der Waals surface area contributed by atoms with Crippen LogP contribution in [0.1, 0.15) is 12.5 Å². The Morgan fingerprint density at radius 3 is 2.65 bits per heavy atom. The van der Waals surface area contributed by atoms with Gasteiger partial charge in [0.1, 0.15) is 17.3 Å². The molecule has 5 heteroatoms. The van der Waals surface area contributed by atoms with Crippen LogP contribution in [0.4, 0.5) is 4.39 Å². The predicted molar refractivity (Wildman–Crippen MR) is 83.0 cm³/mol. The lowest BCUT2D eigenvalue weighted by atomic mass is 10.1. The fourth-order valence-corrected chi connectivity index (χ4v) is 2.37. The van der Waals surface area contributed by atoms with Gasteiger partial charge in [0.15, 0.2) is 0 Å². The Labute approximate surface area is 130 Å². The summed E-state index contributed by atoms with van der Waals surface area (Å²) in [7, 11) is 0. The highest BCUT2D eigenvalue weighted by Crippen LogP contribution is 2.34. The van der Waals surface area contributed by atoms with Crippen LogP contribution in [0.5, 0.6) is 11.5 Å². The van der Waals surface area contributed by atoms with Crippen molar-refractivity contribution in [3.05, 3.63) is 57.3 Å². The highest BCUT2D eigenvalue weighted by Gasteiger charge is 2.09. The Kier molecular flexibility index (Phi) is 5.02. The van der Waals surface area contributed by atoms with Gasteiger partial charge in [-0.25, -0.2) is 4.39 Å². The summed E-state index contributed by atoms with van der Waals surface area (Å²) in [6, 6.07) is 9.78. The first-order valence-corrected chi connectivity index (χ1v) is 7.29. The molecule has 0 amide bonds. The third kappa shape index (κ3) is 3.95. The number of ether oxygens (including phenoxy) is 1. The maximum atomic E-state index is 13.2. The second kappa shape index (κ2) is 6.57.